The molecular weight excluding hydrogens is 256 g/mol. The van der Waals surface area contributed by atoms with E-state index < -0.39 is 0 Å². The Morgan fingerprint density at radius 1 is 1.33 bits per heavy atom. The summed E-state index contributed by atoms with van der Waals surface area (Å²) in [4.78, 5) is 0. The van der Waals surface area contributed by atoms with Gasteiger partial charge in [-0.25, -0.2) is 0 Å². The number of phenolic OH excluding ortho intramolecular Hbond substituents is 1. The van der Waals surface area contributed by atoms with Crippen molar-refractivity contribution >= 4 is 15.9 Å². The number of hydrogen-bond donors (Lipinski definition) is 2. The third kappa shape index (κ3) is 3.21. The van der Waals surface area contributed by atoms with E-state index in [0.29, 0.717) is 24.5 Å². The molecule has 15 heavy (non-hydrogen) atoms. The van der Waals surface area contributed by atoms with Crippen molar-refractivity contribution in [3.8, 4) is 5.75 Å². The normalized spacial score (nSPS) is 11.0. The maximum absolute atomic E-state index is 9.80. The van der Waals surface area contributed by atoms with Gasteiger partial charge in [0.15, 0.2) is 0 Å². The molecule has 0 heterocycles. The zero-order valence-corrected chi connectivity index (χ0v) is 10.7. The molecule has 1 rings (SSSR count). The summed E-state index contributed by atoms with van der Waals surface area (Å²) in [5.41, 5.74) is 2.11. The summed E-state index contributed by atoms with van der Waals surface area (Å²) in [6, 6.07) is 3.96. The Bertz CT molecular complexity index is 335. The van der Waals surface area contributed by atoms with E-state index in [0.717, 1.165) is 10.0 Å². The molecule has 0 bridgehead atoms. The van der Waals surface area contributed by atoms with Crippen molar-refractivity contribution in [2.24, 2.45) is 0 Å². The number of aromatic hydroxyl groups is 1. The molecule has 0 fully saturated rings. The smallest absolute Gasteiger partial charge is 0.132 e. The van der Waals surface area contributed by atoms with Gasteiger partial charge in [0.2, 0.25) is 0 Å². The molecule has 0 unspecified atom stereocenters. The molecule has 3 heteroatoms. The van der Waals surface area contributed by atoms with Crippen LogP contribution in [0, 0.1) is 0 Å². The number of aryl methyl sites for hydroxylation is 1. The number of phenols is 1. The molecule has 84 valence electrons. The van der Waals surface area contributed by atoms with Crippen LogP contribution >= 0.6 is 15.9 Å². The summed E-state index contributed by atoms with van der Waals surface area (Å²) in [5.74, 6) is 0.739. The zero-order valence-electron chi connectivity index (χ0n) is 9.13. The quantitative estimate of drug-likeness (QED) is 0.884. The lowest BCUT2D eigenvalue weighted by atomic mass is 9.98. The Labute approximate surface area is 99.1 Å². The minimum Gasteiger partial charge on any atom is -0.506 e. The van der Waals surface area contributed by atoms with Gasteiger partial charge in [0.25, 0.3) is 0 Å². The highest BCUT2D eigenvalue weighted by atomic mass is 79.9. The topological polar surface area (TPSA) is 40.5 Å². The molecule has 0 aliphatic carbocycles. The van der Waals surface area contributed by atoms with Crippen LogP contribution in [-0.2, 0) is 6.42 Å². The van der Waals surface area contributed by atoms with Gasteiger partial charge in [-0.15, -0.1) is 0 Å². The van der Waals surface area contributed by atoms with Crippen molar-refractivity contribution in [2.45, 2.75) is 32.6 Å². The molecule has 2 N–H and O–H groups in total. The molecule has 0 aliphatic heterocycles. The highest BCUT2D eigenvalue weighted by molar-refractivity contribution is 9.10. The van der Waals surface area contributed by atoms with E-state index >= 15 is 0 Å². The Balaban J connectivity index is 3.02. The van der Waals surface area contributed by atoms with E-state index in [1.807, 2.05) is 12.1 Å². The van der Waals surface area contributed by atoms with Gasteiger partial charge in [0.05, 0.1) is 4.47 Å². The Morgan fingerprint density at radius 3 is 2.53 bits per heavy atom. The Kier molecular flexibility index (Phi) is 4.61. The number of hydrogen-bond acceptors (Lipinski definition) is 2. The van der Waals surface area contributed by atoms with Crippen LogP contribution in [0.25, 0.3) is 0 Å². The zero-order chi connectivity index (χ0) is 11.4. The van der Waals surface area contributed by atoms with Crippen LogP contribution in [0.4, 0.5) is 0 Å². The summed E-state index contributed by atoms with van der Waals surface area (Å²) in [5, 5.41) is 18.6. The van der Waals surface area contributed by atoms with Crippen molar-refractivity contribution in [2.75, 3.05) is 6.61 Å². The monoisotopic (exact) mass is 272 g/mol. The van der Waals surface area contributed by atoms with Crippen molar-refractivity contribution in [1.82, 2.24) is 0 Å². The lowest BCUT2D eigenvalue weighted by molar-refractivity contribution is 0.288. The van der Waals surface area contributed by atoms with E-state index in [1.165, 1.54) is 5.56 Å². The lowest BCUT2D eigenvalue weighted by Crippen LogP contribution is -1.95. The fourth-order valence-electron chi connectivity index (χ4n) is 1.47. The molecule has 0 spiro atoms. The van der Waals surface area contributed by atoms with Crippen LogP contribution in [0.1, 0.15) is 37.3 Å². The van der Waals surface area contributed by atoms with Gasteiger partial charge < -0.3 is 10.2 Å². The summed E-state index contributed by atoms with van der Waals surface area (Å²) in [6.07, 6.45) is 1.39. The van der Waals surface area contributed by atoms with Crippen LogP contribution in [0.5, 0.6) is 5.75 Å². The SMILES string of the molecule is CC(C)c1cc(Br)c(O)c(CCCO)c1. The number of rotatable bonds is 4. The molecule has 0 amide bonds. The van der Waals surface area contributed by atoms with Crippen LogP contribution < -0.4 is 0 Å². The van der Waals surface area contributed by atoms with Crippen LogP contribution in [-0.4, -0.2) is 16.8 Å². The van der Waals surface area contributed by atoms with Crippen LogP contribution in [0.3, 0.4) is 0 Å². The summed E-state index contributed by atoms with van der Waals surface area (Å²) in [7, 11) is 0. The van der Waals surface area contributed by atoms with Gasteiger partial charge in [0, 0.05) is 6.61 Å². The summed E-state index contributed by atoms with van der Waals surface area (Å²) < 4.78 is 0.738. The molecule has 0 atom stereocenters. The first-order chi connectivity index (χ1) is 7.06. The highest BCUT2D eigenvalue weighted by Crippen LogP contribution is 2.32. The van der Waals surface area contributed by atoms with Crippen LogP contribution in [0.2, 0.25) is 0 Å². The number of benzene rings is 1. The molecule has 0 aliphatic rings. The molecular formula is C12H17BrO2. The lowest BCUT2D eigenvalue weighted by Gasteiger charge is -2.11. The predicted octanol–water partition coefficient (Wildman–Crippen LogP) is 3.20. The molecule has 1 aromatic rings. The van der Waals surface area contributed by atoms with E-state index in [9.17, 15) is 5.11 Å². The third-order valence-corrected chi connectivity index (χ3v) is 3.04. The van der Waals surface area contributed by atoms with Gasteiger partial charge in [-0.3, -0.25) is 0 Å². The van der Waals surface area contributed by atoms with E-state index in [2.05, 4.69) is 29.8 Å². The molecule has 1 aromatic carbocycles. The second-order valence-corrected chi connectivity index (χ2v) is 4.85. The maximum atomic E-state index is 9.80. The van der Waals surface area contributed by atoms with Crippen molar-refractivity contribution in [1.29, 1.82) is 0 Å². The molecule has 0 aromatic heterocycles. The molecule has 0 saturated heterocycles. The van der Waals surface area contributed by atoms with Gasteiger partial charge >= 0.3 is 0 Å². The van der Waals surface area contributed by atoms with Gasteiger partial charge in [0.1, 0.15) is 5.75 Å². The van der Waals surface area contributed by atoms with Crippen LogP contribution in [0.15, 0.2) is 16.6 Å². The maximum Gasteiger partial charge on any atom is 0.132 e. The minimum atomic E-state index is 0.156. The van der Waals surface area contributed by atoms with Crippen molar-refractivity contribution < 1.29 is 10.2 Å². The Hall–Kier alpha value is -0.540. The predicted molar refractivity (Wildman–Crippen MR) is 65.3 cm³/mol. The average molecular weight is 273 g/mol. The largest absolute Gasteiger partial charge is 0.506 e. The Morgan fingerprint density at radius 2 is 2.00 bits per heavy atom. The highest BCUT2D eigenvalue weighted by Gasteiger charge is 2.09. The summed E-state index contributed by atoms with van der Waals surface area (Å²) >= 11 is 3.34. The summed E-state index contributed by atoms with van der Waals surface area (Å²) in [6.45, 7) is 4.40. The number of aliphatic hydroxyl groups excluding tert-OH is 1. The first-order valence-corrected chi connectivity index (χ1v) is 5.97. The number of aliphatic hydroxyl groups is 1. The molecule has 0 saturated carbocycles. The third-order valence-electron chi connectivity index (χ3n) is 2.44. The second kappa shape index (κ2) is 5.52. The molecule has 2 nitrogen and oxygen atoms in total. The number of halogens is 1. The fraction of sp³-hybridized carbons (Fsp3) is 0.500. The average Bonchev–Trinajstić information content (AvgIpc) is 2.19. The van der Waals surface area contributed by atoms with Gasteiger partial charge in [-0.2, -0.15) is 0 Å². The van der Waals surface area contributed by atoms with E-state index in [1.54, 1.807) is 0 Å². The van der Waals surface area contributed by atoms with Crippen molar-refractivity contribution in [3.05, 3.63) is 27.7 Å². The van der Waals surface area contributed by atoms with E-state index in [-0.39, 0.29) is 6.61 Å². The first kappa shape index (κ1) is 12.5. The standard InChI is InChI=1S/C12H17BrO2/c1-8(2)10-6-9(4-3-5-14)12(15)11(13)7-10/h6-8,14-15H,3-5H2,1-2H3. The fourth-order valence-corrected chi connectivity index (χ4v) is 1.99. The molecule has 0 radical (unpaired) electrons. The van der Waals surface area contributed by atoms with Gasteiger partial charge in [-0.05, 0) is 51.9 Å². The van der Waals surface area contributed by atoms with Crippen molar-refractivity contribution in [3.63, 3.8) is 0 Å². The van der Waals surface area contributed by atoms with E-state index in [4.69, 9.17) is 5.11 Å². The first-order valence-electron chi connectivity index (χ1n) is 5.18. The minimum absolute atomic E-state index is 0.156. The van der Waals surface area contributed by atoms with Gasteiger partial charge in [-0.1, -0.05) is 19.9 Å². The second-order valence-electron chi connectivity index (χ2n) is 3.99.